The molecule has 3 aromatic heterocycles. The van der Waals surface area contributed by atoms with Crippen LogP contribution in [-0.2, 0) is 50.8 Å². The molecule has 4 heterocycles. The average molecular weight is 1200 g/mol. The van der Waals surface area contributed by atoms with Gasteiger partial charge >= 0.3 is 12.1 Å². The van der Waals surface area contributed by atoms with Crippen LogP contribution in [0.15, 0.2) is 91.3 Å². The molecule has 4 amide bonds. The molecule has 0 radical (unpaired) electrons. The number of piperazine rings is 1. The Morgan fingerprint density at radius 2 is 1.45 bits per heavy atom. The number of esters is 1. The standard InChI is InChI=1S/C56H61ClF4N14O10/c1-62-54(81)39-6-3-4-8-43(39)69-53-41(57)31-66-55(70-53)68-36-10-12-37(13-11-36)73-19-17-72(18-20-73)21-23-84-25-27-85-26-24-83-22-16-63-46(76)14-15-49(79)75-45-29-40(42(58)28-35(45)30-67-75)38-7-5-9-44-51(38)52(56(59,60)61)71-74(44)34-48(78)64-32-47(77)65-33-50(80)82-2/h3-13,28-31H,14-27,32-34H2,1-2H3,(H,62,81)(H,63,76)(H,64,78)(H,65,77)(H2,66,68,69,70). The van der Waals surface area contributed by atoms with Gasteiger partial charge in [0.05, 0.1) is 88.0 Å². The molecular formula is C56H61ClF4N14O10. The van der Waals surface area contributed by atoms with E-state index in [1.807, 2.05) is 30.3 Å². The number of nitrogens with one attached hydrogen (secondary N) is 6. The molecule has 29 heteroatoms. The zero-order valence-corrected chi connectivity index (χ0v) is 47.0. The fraction of sp³-hybridized carbons (Fsp3) is 0.357. The molecule has 7 aromatic rings. The Bertz CT molecular complexity index is 3510. The summed E-state index contributed by atoms with van der Waals surface area (Å²) in [6, 6.07) is 21.1. The minimum atomic E-state index is -5.06. The van der Waals surface area contributed by atoms with E-state index >= 15 is 4.39 Å². The third-order valence-corrected chi connectivity index (χ3v) is 13.6. The molecule has 6 N–H and O–H groups in total. The zero-order valence-electron chi connectivity index (χ0n) is 46.2. The predicted octanol–water partition coefficient (Wildman–Crippen LogP) is 5.32. The summed E-state index contributed by atoms with van der Waals surface area (Å²) in [5.74, 6) is -3.97. The van der Waals surface area contributed by atoms with Crippen molar-refractivity contribution in [3.63, 3.8) is 0 Å². The van der Waals surface area contributed by atoms with Gasteiger partial charge in [-0.05, 0) is 60.2 Å². The number of nitrogens with zero attached hydrogens (tertiary/aromatic N) is 8. The van der Waals surface area contributed by atoms with E-state index < -0.39 is 72.3 Å². The molecule has 8 rings (SSSR count). The third-order valence-electron chi connectivity index (χ3n) is 13.3. The van der Waals surface area contributed by atoms with Crippen molar-refractivity contribution >= 4 is 97.7 Å². The second kappa shape index (κ2) is 29.6. The van der Waals surface area contributed by atoms with Crippen LogP contribution in [0.3, 0.4) is 0 Å². The van der Waals surface area contributed by atoms with Gasteiger partial charge in [-0.25, -0.2) is 14.1 Å². The predicted molar refractivity (Wildman–Crippen MR) is 305 cm³/mol. The topological polar surface area (TPSA) is 279 Å². The molecule has 0 atom stereocenters. The highest BCUT2D eigenvalue weighted by Crippen LogP contribution is 2.41. The van der Waals surface area contributed by atoms with E-state index in [2.05, 4.69) is 66.6 Å². The Kier molecular flexibility index (Phi) is 21.7. The first-order chi connectivity index (χ1) is 41.0. The van der Waals surface area contributed by atoms with E-state index in [1.54, 1.807) is 25.2 Å². The number of hydrogen-bond acceptors (Lipinski definition) is 18. The molecule has 0 spiro atoms. The number of ether oxygens (including phenoxy) is 4. The van der Waals surface area contributed by atoms with Gasteiger partial charge in [-0.3, -0.25) is 38.3 Å². The number of amides is 4. The van der Waals surface area contributed by atoms with E-state index in [-0.39, 0.29) is 66.1 Å². The summed E-state index contributed by atoms with van der Waals surface area (Å²) in [6.45, 7) is 4.68. The van der Waals surface area contributed by atoms with Crippen LogP contribution in [0.25, 0.3) is 32.9 Å². The number of benzene rings is 4. The van der Waals surface area contributed by atoms with E-state index in [1.165, 1.54) is 36.7 Å². The highest BCUT2D eigenvalue weighted by molar-refractivity contribution is 6.33. The highest BCUT2D eigenvalue weighted by atomic mass is 35.5. The van der Waals surface area contributed by atoms with Gasteiger partial charge in [0.25, 0.3) is 5.91 Å². The Hall–Kier alpha value is -8.83. The number of methoxy groups -OCH3 is 1. The van der Waals surface area contributed by atoms with Crippen LogP contribution in [0.5, 0.6) is 0 Å². The maximum absolute atomic E-state index is 15.8. The maximum atomic E-state index is 15.8. The van der Waals surface area contributed by atoms with Crippen molar-refractivity contribution in [1.82, 2.24) is 55.7 Å². The SMILES string of the molecule is CNC(=O)c1ccccc1Nc1nc(Nc2ccc(N3CCN(CCOCCOCCOCCNC(=O)CCC(=O)n4ncc5cc(F)c(-c6cccc7c6c(C(F)(F)F)nn7CC(=O)NCC(=O)NCC(=O)OC)cc54)CC3)cc2)ncc1Cl. The second-order valence-corrected chi connectivity index (χ2v) is 19.4. The average Bonchev–Trinajstić information content (AvgIpc) is 1.77. The van der Waals surface area contributed by atoms with Crippen molar-refractivity contribution in [3.05, 3.63) is 113 Å². The smallest absolute Gasteiger partial charge is 0.435 e. The van der Waals surface area contributed by atoms with Crippen LogP contribution in [0.4, 0.5) is 46.4 Å². The van der Waals surface area contributed by atoms with Crippen LogP contribution < -0.4 is 36.8 Å². The van der Waals surface area contributed by atoms with Crippen LogP contribution in [0.2, 0.25) is 5.02 Å². The molecular weight excluding hydrogens is 1140 g/mol. The molecule has 1 aliphatic heterocycles. The van der Waals surface area contributed by atoms with E-state index in [4.69, 9.17) is 25.8 Å². The summed E-state index contributed by atoms with van der Waals surface area (Å²) >= 11 is 6.40. The Morgan fingerprint density at radius 1 is 0.729 bits per heavy atom. The minimum absolute atomic E-state index is 0.0650. The normalized spacial score (nSPS) is 12.7. The molecule has 24 nitrogen and oxygen atoms in total. The molecule has 0 aliphatic carbocycles. The molecule has 4 aromatic carbocycles. The maximum Gasteiger partial charge on any atom is 0.435 e. The number of fused-ring (bicyclic) bond motifs is 2. The lowest BCUT2D eigenvalue weighted by molar-refractivity contribution is -0.141. The largest absolute Gasteiger partial charge is 0.468 e. The number of para-hydroxylation sites is 1. The minimum Gasteiger partial charge on any atom is -0.468 e. The number of aromatic nitrogens is 6. The Labute approximate surface area is 488 Å². The zero-order chi connectivity index (χ0) is 60.5. The molecule has 0 unspecified atom stereocenters. The highest BCUT2D eigenvalue weighted by Gasteiger charge is 2.38. The quantitative estimate of drug-likeness (QED) is 0.0206. The summed E-state index contributed by atoms with van der Waals surface area (Å²) in [4.78, 5) is 87.9. The summed E-state index contributed by atoms with van der Waals surface area (Å²) < 4.78 is 82.4. The van der Waals surface area contributed by atoms with Crippen molar-refractivity contribution < 1.29 is 65.3 Å². The number of alkyl halides is 3. The molecule has 0 bridgehead atoms. The molecule has 1 fully saturated rings. The first kappa shape index (κ1) is 62.2. The molecule has 450 valence electrons. The van der Waals surface area contributed by atoms with Gasteiger partial charge < -0.3 is 55.7 Å². The van der Waals surface area contributed by atoms with Crippen LogP contribution in [0, 0.1) is 5.82 Å². The second-order valence-electron chi connectivity index (χ2n) is 19.0. The van der Waals surface area contributed by atoms with E-state index in [0.717, 1.165) is 66.6 Å². The number of rotatable bonds is 28. The monoisotopic (exact) mass is 1200 g/mol. The number of hydrogen-bond donors (Lipinski definition) is 6. The van der Waals surface area contributed by atoms with E-state index in [9.17, 15) is 41.9 Å². The van der Waals surface area contributed by atoms with Gasteiger partial charge in [0.1, 0.15) is 23.9 Å². The third kappa shape index (κ3) is 16.9. The first-order valence-electron chi connectivity index (χ1n) is 26.8. The lowest BCUT2D eigenvalue weighted by Crippen LogP contribution is -2.47. The summed E-state index contributed by atoms with van der Waals surface area (Å²) in [5.41, 5.74) is 0.795. The van der Waals surface area contributed by atoms with Gasteiger partial charge in [-0.15, -0.1) is 0 Å². The Morgan fingerprint density at radius 3 is 2.18 bits per heavy atom. The van der Waals surface area contributed by atoms with Crippen molar-refractivity contribution in [3.8, 4) is 11.1 Å². The van der Waals surface area contributed by atoms with Crippen LogP contribution >= 0.6 is 11.6 Å². The number of carbonyl (C=O) groups excluding carboxylic acids is 6. The van der Waals surface area contributed by atoms with Crippen LogP contribution in [-0.4, -0.2) is 176 Å². The van der Waals surface area contributed by atoms with Gasteiger partial charge in [0.2, 0.25) is 29.6 Å². The molecule has 0 saturated carbocycles. The number of anilines is 5. The van der Waals surface area contributed by atoms with Crippen molar-refractivity contribution in [2.24, 2.45) is 0 Å². The first-order valence-corrected chi connectivity index (χ1v) is 27.2. The van der Waals surface area contributed by atoms with E-state index in [0.29, 0.717) is 54.5 Å². The Balaban J connectivity index is 0.690. The van der Waals surface area contributed by atoms with Gasteiger partial charge in [0, 0.05) is 86.9 Å². The summed E-state index contributed by atoms with van der Waals surface area (Å²) in [7, 11) is 2.68. The molecule has 85 heavy (non-hydrogen) atoms. The van der Waals surface area contributed by atoms with Crippen LogP contribution in [0.1, 0.15) is 33.7 Å². The van der Waals surface area contributed by atoms with Gasteiger partial charge in [0.15, 0.2) is 11.5 Å². The lowest BCUT2D eigenvalue weighted by atomic mass is 9.98. The van der Waals surface area contributed by atoms with Crippen molar-refractivity contribution in [2.75, 3.05) is 122 Å². The fourth-order valence-electron chi connectivity index (χ4n) is 8.99. The summed E-state index contributed by atoms with van der Waals surface area (Å²) in [6.07, 6.45) is -2.89. The van der Waals surface area contributed by atoms with Crippen molar-refractivity contribution in [1.29, 1.82) is 0 Å². The van der Waals surface area contributed by atoms with Crippen molar-refractivity contribution in [2.45, 2.75) is 25.6 Å². The van der Waals surface area contributed by atoms with Gasteiger partial charge in [-0.1, -0.05) is 35.9 Å². The number of halogens is 5. The molecule has 1 saturated heterocycles. The van der Waals surface area contributed by atoms with Gasteiger partial charge in [-0.2, -0.15) is 28.4 Å². The fourth-order valence-corrected chi connectivity index (χ4v) is 9.13. The number of carbonyl (C=O) groups is 6. The summed E-state index contributed by atoms with van der Waals surface area (Å²) in [5, 5.41) is 23.8. The molecule has 1 aliphatic rings. The lowest BCUT2D eigenvalue weighted by Gasteiger charge is -2.36.